The smallest absolute Gasteiger partial charge is 0.264 e. The average Bonchev–Trinajstić information content (AvgIpc) is 2.36. The quantitative estimate of drug-likeness (QED) is 0.813. The van der Waals surface area contributed by atoms with Crippen LogP contribution in [0.5, 0.6) is 0 Å². The van der Waals surface area contributed by atoms with Crippen molar-refractivity contribution < 1.29 is 21.8 Å². The van der Waals surface area contributed by atoms with Gasteiger partial charge in [-0.05, 0) is 31.5 Å². The Bertz CT molecular complexity index is 691. The van der Waals surface area contributed by atoms with Gasteiger partial charge >= 0.3 is 0 Å². The van der Waals surface area contributed by atoms with Crippen LogP contribution < -0.4 is 5.32 Å². The van der Waals surface area contributed by atoms with Crippen molar-refractivity contribution >= 4 is 36.4 Å². The molecule has 2 unspecified atom stereocenters. The summed E-state index contributed by atoms with van der Waals surface area (Å²) in [4.78, 5) is 11.2. The van der Waals surface area contributed by atoms with E-state index in [4.69, 9.17) is 10.7 Å². The van der Waals surface area contributed by atoms with Crippen LogP contribution in [0.3, 0.4) is 0 Å². The van der Waals surface area contributed by atoms with E-state index in [1.165, 1.54) is 19.2 Å². The van der Waals surface area contributed by atoms with E-state index in [1.54, 1.807) is 6.92 Å². The molecule has 5 nitrogen and oxygen atoms in total. The predicted molar refractivity (Wildman–Crippen MR) is 80.0 cm³/mol. The van der Waals surface area contributed by atoms with Crippen molar-refractivity contribution in [3.63, 3.8) is 0 Å². The van der Waals surface area contributed by atoms with Gasteiger partial charge in [0.25, 0.3) is 15.0 Å². The summed E-state index contributed by atoms with van der Waals surface area (Å²) in [5.41, 5.74) is -0.0313. The molecule has 1 amide bonds. The molecule has 118 valence electrons. The molecule has 0 saturated heterocycles. The molecule has 0 fully saturated rings. The SMILES string of the molecule is Cc1cc(C(=O)NCC(C)S(C)=O)cc(S(=O)(=O)Cl)c1F. The van der Waals surface area contributed by atoms with Crippen molar-refractivity contribution in [1.82, 2.24) is 5.32 Å². The minimum atomic E-state index is -4.29. The zero-order valence-electron chi connectivity index (χ0n) is 11.6. The van der Waals surface area contributed by atoms with Crippen LogP contribution in [0.1, 0.15) is 22.8 Å². The van der Waals surface area contributed by atoms with E-state index in [-0.39, 0.29) is 22.9 Å². The Morgan fingerprint density at radius 1 is 1.48 bits per heavy atom. The van der Waals surface area contributed by atoms with Crippen LogP contribution in [0.4, 0.5) is 4.39 Å². The summed E-state index contributed by atoms with van der Waals surface area (Å²) in [6.45, 7) is 3.18. The topological polar surface area (TPSA) is 80.3 Å². The van der Waals surface area contributed by atoms with Gasteiger partial charge in [0.2, 0.25) is 0 Å². The first-order valence-electron chi connectivity index (χ1n) is 5.89. The third-order valence-corrected chi connectivity index (χ3v) is 5.48. The van der Waals surface area contributed by atoms with E-state index in [0.717, 1.165) is 6.07 Å². The van der Waals surface area contributed by atoms with E-state index in [2.05, 4.69) is 5.32 Å². The lowest BCUT2D eigenvalue weighted by atomic mass is 10.1. The highest BCUT2D eigenvalue weighted by molar-refractivity contribution is 8.13. The van der Waals surface area contributed by atoms with Crippen LogP contribution in [0, 0.1) is 12.7 Å². The second-order valence-electron chi connectivity index (χ2n) is 4.56. The minimum absolute atomic E-state index is 0.00556. The summed E-state index contributed by atoms with van der Waals surface area (Å²) >= 11 is 0. The van der Waals surface area contributed by atoms with E-state index < -0.39 is 36.5 Å². The number of halogens is 2. The van der Waals surface area contributed by atoms with Gasteiger partial charge < -0.3 is 5.32 Å². The monoisotopic (exact) mass is 355 g/mol. The Kier molecular flexibility index (Phi) is 5.89. The van der Waals surface area contributed by atoms with Crippen molar-refractivity contribution in [1.29, 1.82) is 0 Å². The van der Waals surface area contributed by atoms with E-state index in [1.807, 2.05) is 0 Å². The molecule has 0 aromatic heterocycles. The molecule has 1 rings (SSSR count). The van der Waals surface area contributed by atoms with Gasteiger partial charge in [0.15, 0.2) is 0 Å². The highest BCUT2D eigenvalue weighted by Crippen LogP contribution is 2.23. The van der Waals surface area contributed by atoms with Crippen LogP contribution in [-0.2, 0) is 19.9 Å². The van der Waals surface area contributed by atoms with Crippen molar-refractivity contribution in [2.45, 2.75) is 24.0 Å². The van der Waals surface area contributed by atoms with Crippen molar-refractivity contribution in [2.24, 2.45) is 0 Å². The summed E-state index contributed by atoms with van der Waals surface area (Å²) in [7, 11) is -0.248. The molecule has 1 N–H and O–H groups in total. The fourth-order valence-electron chi connectivity index (χ4n) is 1.50. The van der Waals surface area contributed by atoms with E-state index in [0.29, 0.717) is 0 Å². The minimum Gasteiger partial charge on any atom is -0.351 e. The maximum Gasteiger partial charge on any atom is 0.264 e. The summed E-state index contributed by atoms with van der Waals surface area (Å²) < 4.78 is 47.5. The highest BCUT2D eigenvalue weighted by Gasteiger charge is 2.21. The molecule has 0 aliphatic heterocycles. The van der Waals surface area contributed by atoms with Gasteiger partial charge in [-0.2, -0.15) is 0 Å². The van der Waals surface area contributed by atoms with Crippen molar-refractivity contribution in [2.75, 3.05) is 12.8 Å². The third kappa shape index (κ3) is 4.76. The number of nitrogens with one attached hydrogen (secondary N) is 1. The molecule has 0 aliphatic carbocycles. The zero-order valence-corrected chi connectivity index (χ0v) is 14.0. The van der Waals surface area contributed by atoms with Gasteiger partial charge in [0.05, 0.1) is 0 Å². The molecule has 21 heavy (non-hydrogen) atoms. The molecule has 2 atom stereocenters. The van der Waals surface area contributed by atoms with Crippen LogP contribution in [0.25, 0.3) is 0 Å². The number of carbonyl (C=O) groups excluding carboxylic acids is 1. The van der Waals surface area contributed by atoms with Gasteiger partial charge in [-0.3, -0.25) is 9.00 Å². The van der Waals surface area contributed by atoms with Crippen LogP contribution in [0.2, 0.25) is 0 Å². The molecule has 0 radical (unpaired) electrons. The van der Waals surface area contributed by atoms with Gasteiger partial charge in [-0.25, -0.2) is 12.8 Å². The van der Waals surface area contributed by atoms with E-state index >= 15 is 0 Å². The molecular weight excluding hydrogens is 341 g/mol. The molecule has 1 aromatic rings. The van der Waals surface area contributed by atoms with Gasteiger partial charge in [0, 0.05) is 45.1 Å². The Morgan fingerprint density at radius 3 is 2.52 bits per heavy atom. The largest absolute Gasteiger partial charge is 0.351 e. The zero-order chi connectivity index (χ0) is 16.4. The fraction of sp³-hybridized carbons (Fsp3) is 0.417. The maximum absolute atomic E-state index is 13.7. The average molecular weight is 356 g/mol. The lowest BCUT2D eigenvalue weighted by Gasteiger charge is -2.11. The molecule has 0 bridgehead atoms. The lowest BCUT2D eigenvalue weighted by molar-refractivity contribution is 0.0953. The number of benzene rings is 1. The maximum atomic E-state index is 13.7. The fourth-order valence-corrected chi connectivity index (χ4v) is 2.80. The molecular formula is C12H15ClFNO4S2. The lowest BCUT2D eigenvalue weighted by Crippen LogP contribution is -2.32. The Hall–Kier alpha value is -0.990. The number of carbonyl (C=O) groups is 1. The first-order chi connectivity index (χ1) is 9.54. The van der Waals surface area contributed by atoms with Gasteiger partial charge in [-0.15, -0.1) is 0 Å². The summed E-state index contributed by atoms with van der Waals surface area (Å²) in [6, 6.07) is 2.11. The number of aryl methyl sites for hydroxylation is 1. The van der Waals surface area contributed by atoms with Gasteiger partial charge in [-0.1, -0.05) is 0 Å². The van der Waals surface area contributed by atoms with Crippen molar-refractivity contribution in [3.05, 3.63) is 29.1 Å². The van der Waals surface area contributed by atoms with Gasteiger partial charge in [0.1, 0.15) is 10.7 Å². The molecule has 0 saturated carbocycles. The number of rotatable bonds is 5. The first-order valence-corrected chi connectivity index (χ1v) is 9.82. The van der Waals surface area contributed by atoms with Crippen LogP contribution in [-0.4, -0.2) is 36.6 Å². The van der Waals surface area contributed by atoms with Crippen LogP contribution >= 0.6 is 10.7 Å². The summed E-state index contributed by atoms with van der Waals surface area (Å²) in [5.74, 6) is -1.57. The second-order valence-corrected chi connectivity index (χ2v) is 8.90. The highest BCUT2D eigenvalue weighted by atomic mass is 35.7. The molecule has 1 aromatic carbocycles. The Morgan fingerprint density at radius 2 is 2.05 bits per heavy atom. The molecule has 0 heterocycles. The number of hydrogen-bond donors (Lipinski definition) is 1. The first kappa shape index (κ1) is 18.1. The molecule has 0 aliphatic rings. The van der Waals surface area contributed by atoms with Crippen molar-refractivity contribution in [3.8, 4) is 0 Å². The standard InChI is InChI=1S/C12H15ClFNO4S2/c1-7-4-9(5-10(11(7)14)21(13,18)19)12(16)15-6-8(2)20(3)17/h4-5,8H,6H2,1-3H3,(H,15,16). The Balaban J connectivity index is 3.07. The Labute approximate surface area is 129 Å². The molecule has 9 heteroatoms. The second kappa shape index (κ2) is 6.85. The molecule has 0 spiro atoms. The number of hydrogen-bond acceptors (Lipinski definition) is 4. The van der Waals surface area contributed by atoms with Crippen LogP contribution in [0.15, 0.2) is 17.0 Å². The van der Waals surface area contributed by atoms with E-state index in [9.17, 15) is 21.8 Å². The number of amides is 1. The normalized spacial score (nSPS) is 14.5. The summed E-state index contributed by atoms with van der Waals surface area (Å²) in [5, 5.41) is 2.26. The third-order valence-electron chi connectivity index (χ3n) is 2.86. The summed E-state index contributed by atoms with van der Waals surface area (Å²) in [6.07, 6.45) is 1.51. The predicted octanol–water partition coefficient (Wildman–Crippen LogP) is 1.56.